The minimum Gasteiger partial charge on any atom is -0.382 e. The number of methoxy groups -OCH3 is 1. The molecule has 1 fully saturated rings. The molecule has 11 nitrogen and oxygen atoms in total. The molecule has 16 heteroatoms. The van der Waals surface area contributed by atoms with E-state index in [1.807, 2.05) is 0 Å². The average Bonchev–Trinajstić information content (AvgIpc) is 2.61. The topological polar surface area (TPSA) is 128 Å². The first kappa shape index (κ1) is 31.1. The Hall–Kier alpha value is 1.09. The highest BCUT2D eigenvalue weighted by molar-refractivity contribution is 7.81. The fourth-order valence-electron chi connectivity index (χ4n) is 2.61. The van der Waals surface area contributed by atoms with Crippen LogP contribution in [0.2, 0.25) is 0 Å². The summed E-state index contributed by atoms with van der Waals surface area (Å²) in [5.74, 6) is 0. The van der Waals surface area contributed by atoms with Gasteiger partial charge in [-0.25, -0.2) is 14.2 Å². The average molecular weight is 562 g/mol. The van der Waals surface area contributed by atoms with Crippen LogP contribution in [0.25, 0.3) is 0 Å². The van der Waals surface area contributed by atoms with Crippen molar-refractivity contribution in [2.24, 2.45) is 0 Å². The lowest BCUT2D eigenvalue weighted by Crippen LogP contribution is -2.34. The molecular formula is C16H36ClNO10P4. The largest absolute Gasteiger partial charge is 0.475 e. The lowest BCUT2D eigenvalue weighted by Gasteiger charge is -2.31. The van der Waals surface area contributed by atoms with Gasteiger partial charge in [0.2, 0.25) is 0 Å². The van der Waals surface area contributed by atoms with Crippen LogP contribution < -0.4 is 5.09 Å². The lowest BCUT2D eigenvalue weighted by atomic mass is 9.94. The smallest absolute Gasteiger partial charge is 0.382 e. The Morgan fingerprint density at radius 3 is 2.03 bits per heavy atom. The molecule has 1 aliphatic carbocycles. The molecule has 1 rings (SSSR count). The summed E-state index contributed by atoms with van der Waals surface area (Å²) >= 11 is 5.77. The van der Waals surface area contributed by atoms with Gasteiger partial charge in [0.15, 0.2) is 0 Å². The first-order valence-corrected chi connectivity index (χ1v) is 17.0. The first-order chi connectivity index (χ1) is 14.8. The number of hydrogen-bond donors (Lipinski definition) is 1. The van der Waals surface area contributed by atoms with Crippen LogP contribution in [-0.2, 0) is 45.6 Å². The van der Waals surface area contributed by atoms with Gasteiger partial charge in [-0.1, -0.05) is 6.42 Å². The van der Waals surface area contributed by atoms with Crippen LogP contribution in [0, 0.1) is 0 Å². The van der Waals surface area contributed by atoms with Crippen LogP contribution in [0.3, 0.4) is 0 Å². The van der Waals surface area contributed by atoms with Crippen LogP contribution in [0.5, 0.6) is 0 Å². The molecule has 0 aromatic heterocycles. The van der Waals surface area contributed by atoms with Gasteiger partial charge in [-0.05, 0) is 33.6 Å². The van der Waals surface area contributed by atoms with Gasteiger partial charge in [0.1, 0.15) is 0 Å². The highest BCUT2D eigenvalue weighted by Crippen LogP contribution is 2.56. The predicted molar refractivity (Wildman–Crippen MR) is 126 cm³/mol. The first-order valence-electron chi connectivity index (χ1n) is 10.2. The van der Waals surface area contributed by atoms with Crippen molar-refractivity contribution in [1.29, 1.82) is 0 Å². The Labute approximate surface area is 197 Å². The van der Waals surface area contributed by atoms with Gasteiger partial charge in [-0.3, -0.25) is 27.2 Å². The van der Waals surface area contributed by atoms with Crippen LogP contribution in [0.15, 0.2) is 0 Å². The van der Waals surface area contributed by atoms with Crippen molar-refractivity contribution in [2.75, 3.05) is 39.9 Å². The van der Waals surface area contributed by atoms with E-state index >= 15 is 0 Å². The standard InChI is InChI=1S/C16H36ClNO10P4/c1-13(9-22-4)27-31(17,20)23-10-15(3)28-32(21,25-12-29)24-11-14(2)26-30(5,19)18-16-7-6-8-16/h13-16H,6-12,29H2,1-5H3,(H,18,19). The molecule has 32 heavy (non-hydrogen) atoms. The van der Waals surface area contributed by atoms with E-state index in [1.54, 1.807) is 13.8 Å². The molecule has 0 radical (unpaired) electrons. The minimum atomic E-state index is -4.02. The van der Waals surface area contributed by atoms with Crippen molar-refractivity contribution in [3.8, 4) is 0 Å². The van der Waals surface area contributed by atoms with Crippen LogP contribution in [-0.4, -0.2) is 64.3 Å². The van der Waals surface area contributed by atoms with Crippen molar-refractivity contribution in [1.82, 2.24) is 5.09 Å². The SMILES string of the molecule is COCC(C)OP(=O)(Cl)OCC(C)OP(=O)(OCP)OCC(C)OP(C)(=O)NC1CCC1. The molecule has 1 N–H and O–H groups in total. The Kier molecular flexibility index (Phi) is 14.2. The molecule has 0 aromatic rings. The number of phosphoric acid groups is 1. The number of ether oxygens (including phenoxy) is 1. The summed E-state index contributed by atoms with van der Waals surface area (Å²) in [6.45, 7) is 2.06. The van der Waals surface area contributed by atoms with Crippen LogP contribution >= 0.6 is 42.8 Å². The fourth-order valence-corrected chi connectivity index (χ4v) is 7.68. The molecule has 0 bridgehead atoms. The molecule has 0 heterocycles. The normalized spacial score (nSPS) is 23.3. The van der Waals surface area contributed by atoms with Crippen molar-refractivity contribution >= 4 is 42.8 Å². The zero-order valence-electron chi connectivity index (χ0n) is 19.1. The maximum absolute atomic E-state index is 12.9. The number of hydrogen-bond acceptors (Lipinski definition) is 10. The molecule has 1 saturated carbocycles. The van der Waals surface area contributed by atoms with E-state index in [-0.39, 0.29) is 32.2 Å². The fraction of sp³-hybridized carbons (Fsp3) is 1.00. The van der Waals surface area contributed by atoms with Gasteiger partial charge < -0.3 is 9.26 Å². The second-order valence-electron chi connectivity index (χ2n) is 7.57. The molecule has 0 aromatic carbocycles. The summed E-state index contributed by atoms with van der Waals surface area (Å²) in [7, 11) is -3.35. The number of nitrogens with one attached hydrogen (secondary N) is 1. The molecular weight excluding hydrogens is 526 g/mol. The Morgan fingerprint density at radius 2 is 1.50 bits per heavy atom. The molecule has 0 amide bonds. The minimum absolute atomic E-state index is 0.0265. The maximum Gasteiger partial charge on any atom is 0.475 e. The Balaban J connectivity index is 2.51. The summed E-state index contributed by atoms with van der Waals surface area (Å²) in [4.78, 5) is 0. The quantitative estimate of drug-likeness (QED) is 0.223. The van der Waals surface area contributed by atoms with E-state index < -0.39 is 40.6 Å². The predicted octanol–water partition coefficient (Wildman–Crippen LogP) is 5.15. The third-order valence-electron chi connectivity index (χ3n) is 4.08. The third kappa shape index (κ3) is 13.3. The zero-order chi connectivity index (χ0) is 24.4. The number of rotatable bonds is 18. The summed E-state index contributed by atoms with van der Waals surface area (Å²) < 4.78 is 74.1. The van der Waals surface area contributed by atoms with Gasteiger partial charge in [-0.2, -0.15) is 0 Å². The molecule has 1 aliphatic rings. The van der Waals surface area contributed by atoms with E-state index in [9.17, 15) is 13.7 Å². The van der Waals surface area contributed by atoms with E-state index in [0.717, 1.165) is 19.3 Å². The number of phosphoric ester groups is 1. The molecule has 7 unspecified atom stereocenters. The van der Waals surface area contributed by atoms with E-state index in [1.165, 1.54) is 20.7 Å². The van der Waals surface area contributed by atoms with E-state index in [2.05, 4.69) is 14.3 Å². The highest BCUT2D eigenvalue weighted by Gasteiger charge is 2.33. The lowest BCUT2D eigenvalue weighted by molar-refractivity contribution is 0.0417. The Morgan fingerprint density at radius 1 is 0.938 bits per heavy atom. The van der Waals surface area contributed by atoms with Gasteiger partial charge >= 0.3 is 14.8 Å². The molecule has 0 aliphatic heterocycles. The van der Waals surface area contributed by atoms with Crippen LogP contribution in [0.1, 0.15) is 40.0 Å². The van der Waals surface area contributed by atoms with Crippen molar-refractivity contribution in [3.05, 3.63) is 0 Å². The maximum atomic E-state index is 12.9. The van der Waals surface area contributed by atoms with Crippen LogP contribution in [0.4, 0.5) is 0 Å². The zero-order valence-corrected chi connectivity index (χ0v) is 23.7. The summed E-state index contributed by atoms with van der Waals surface area (Å²) in [5, 5.41) is 3.00. The second-order valence-corrected chi connectivity index (χ2v) is 14.3. The van der Waals surface area contributed by atoms with Gasteiger partial charge in [0, 0.05) is 31.1 Å². The van der Waals surface area contributed by atoms with Gasteiger partial charge in [0.25, 0.3) is 7.52 Å². The summed E-state index contributed by atoms with van der Waals surface area (Å²) in [6.07, 6.45) is 0.937. The van der Waals surface area contributed by atoms with Gasteiger partial charge in [0.05, 0.1) is 44.5 Å². The van der Waals surface area contributed by atoms with Crippen molar-refractivity contribution in [3.63, 3.8) is 0 Å². The van der Waals surface area contributed by atoms with Gasteiger partial charge in [-0.15, -0.1) is 9.24 Å². The highest BCUT2D eigenvalue weighted by atomic mass is 35.7. The molecule has 0 saturated heterocycles. The monoisotopic (exact) mass is 561 g/mol. The summed E-state index contributed by atoms with van der Waals surface area (Å²) in [6, 6.07) is 0.189. The van der Waals surface area contributed by atoms with E-state index in [0.29, 0.717) is 0 Å². The summed E-state index contributed by atoms with van der Waals surface area (Å²) in [5.41, 5.74) is 0. The van der Waals surface area contributed by atoms with Crippen molar-refractivity contribution in [2.45, 2.75) is 64.4 Å². The molecule has 7 atom stereocenters. The third-order valence-corrected chi connectivity index (χ3v) is 9.28. The molecule has 192 valence electrons. The molecule has 0 spiro atoms. The Bertz CT molecular complexity index is 698. The van der Waals surface area contributed by atoms with E-state index in [4.69, 9.17) is 43.1 Å². The second kappa shape index (κ2) is 14.6. The van der Waals surface area contributed by atoms with Crippen molar-refractivity contribution < 1.29 is 45.6 Å². The number of halogens is 1.